The molecule has 0 unspecified atom stereocenters. The Bertz CT molecular complexity index is 1040. The molecule has 0 saturated carbocycles. The third kappa shape index (κ3) is 4.40. The van der Waals surface area contributed by atoms with Gasteiger partial charge >= 0.3 is 0 Å². The monoisotopic (exact) mass is 405 g/mol. The first kappa shape index (κ1) is 19.4. The maximum Gasteiger partial charge on any atom is 0.255 e. The number of carbonyl (C=O) groups is 1. The summed E-state index contributed by atoms with van der Waals surface area (Å²) < 4.78 is 12.1. The zero-order chi connectivity index (χ0) is 20.4. The fraction of sp³-hybridized carbons (Fsp3) is 0.208. The van der Waals surface area contributed by atoms with Crippen LogP contribution in [0.3, 0.4) is 0 Å². The largest absolute Gasteiger partial charge is 0.485 e. The van der Waals surface area contributed by atoms with Gasteiger partial charge in [0.15, 0.2) is 11.5 Å². The van der Waals surface area contributed by atoms with E-state index in [1.54, 1.807) is 12.1 Å². The first-order valence-corrected chi connectivity index (χ1v) is 9.98. The molecule has 29 heavy (non-hydrogen) atoms. The second kappa shape index (κ2) is 7.84. The van der Waals surface area contributed by atoms with E-state index in [4.69, 9.17) is 9.47 Å². The maximum absolute atomic E-state index is 12.5. The fourth-order valence-corrected chi connectivity index (χ4v) is 3.60. The average molecular weight is 406 g/mol. The van der Waals surface area contributed by atoms with Gasteiger partial charge in [0.2, 0.25) is 0 Å². The van der Waals surface area contributed by atoms with Crippen molar-refractivity contribution in [2.24, 2.45) is 0 Å². The van der Waals surface area contributed by atoms with Crippen molar-refractivity contribution in [3.8, 4) is 11.5 Å². The van der Waals surface area contributed by atoms with Gasteiger partial charge < -0.3 is 14.8 Å². The number of amides is 1. The number of ether oxygens (including phenoxy) is 2. The number of nitrogens with one attached hydrogen (secondary N) is 1. The van der Waals surface area contributed by atoms with E-state index in [1.807, 2.05) is 48.5 Å². The summed E-state index contributed by atoms with van der Waals surface area (Å²) in [7, 11) is 0. The maximum atomic E-state index is 12.5. The molecule has 0 atom stereocenters. The van der Waals surface area contributed by atoms with Crippen LogP contribution in [-0.2, 0) is 13.0 Å². The predicted octanol–water partition coefficient (Wildman–Crippen LogP) is 5.52. The first-order chi connectivity index (χ1) is 13.9. The van der Waals surface area contributed by atoms with Gasteiger partial charge in [-0.3, -0.25) is 4.79 Å². The van der Waals surface area contributed by atoms with Gasteiger partial charge in [0, 0.05) is 22.4 Å². The third-order valence-corrected chi connectivity index (χ3v) is 5.21. The van der Waals surface area contributed by atoms with E-state index < -0.39 is 0 Å². The molecular formula is C24H23NO3S. The lowest BCUT2D eigenvalue weighted by Gasteiger charge is -2.18. The van der Waals surface area contributed by atoms with Gasteiger partial charge in [0.05, 0.1) is 5.69 Å². The summed E-state index contributed by atoms with van der Waals surface area (Å²) in [5.41, 5.74) is 3.21. The minimum atomic E-state index is -0.206. The van der Waals surface area contributed by atoms with Crippen molar-refractivity contribution in [1.29, 1.82) is 0 Å². The van der Waals surface area contributed by atoms with Crippen LogP contribution < -0.4 is 14.8 Å². The van der Waals surface area contributed by atoms with Gasteiger partial charge in [-0.05, 0) is 49.7 Å². The molecule has 5 heteroatoms. The zero-order valence-electron chi connectivity index (χ0n) is 16.4. The second-order valence-corrected chi connectivity index (χ2v) is 8.22. The minimum absolute atomic E-state index is 0.171. The lowest BCUT2D eigenvalue weighted by atomic mass is 10.0. The number of anilines is 1. The van der Waals surface area contributed by atoms with E-state index in [-0.39, 0.29) is 11.5 Å². The van der Waals surface area contributed by atoms with Crippen molar-refractivity contribution < 1.29 is 14.3 Å². The molecule has 0 bridgehead atoms. The number of carbonyl (C=O) groups excluding carboxylic acids is 1. The molecule has 1 aliphatic heterocycles. The van der Waals surface area contributed by atoms with Crippen molar-refractivity contribution in [3.63, 3.8) is 0 Å². The zero-order valence-corrected chi connectivity index (χ0v) is 17.3. The van der Waals surface area contributed by atoms with Crippen LogP contribution in [0.5, 0.6) is 11.5 Å². The highest BCUT2D eigenvalue weighted by atomic mass is 32.1. The molecular weight excluding hydrogens is 382 g/mol. The molecule has 0 fully saturated rings. The molecule has 148 valence electrons. The van der Waals surface area contributed by atoms with Gasteiger partial charge in [-0.1, -0.05) is 36.4 Å². The molecule has 3 aromatic rings. The number of rotatable bonds is 5. The lowest BCUT2D eigenvalue weighted by Crippen LogP contribution is -2.24. The number of benzene rings is 3. The summed E-state index contributed by atoms with van der Waals surface area (Å²) in [6.07, 6.45) is 0.874. The second-order valence-electron chi connectivity index (χ2n) is 7.74. The van der Waals surface area contributed by atoms with E-state index in [2.05, 4.69) is 37.9 Å². The Kier molecular flexibility index (Phi) is 5.24. The van der Waals surface area contributed by atoms with Gasteiger partial charge in [0.1, 0.15) is 12.2 Å². The molecule has 0 radical (unpaired) electrons. The number of hydrogen-bond donors (Lipinski definition) is 2. The number of para-hydroxylation sites is 2. The molecule has 1 N–H and O–H groups in total. The summed E-state index contributed by atoms with van der Waals surface area (Å²) in [6, 6.07) is 20.8. The van der Waals surface area contributed by atoms with Gasteiger partial charge in [-0.25, -0.2) is 0 Å². The number of thiol groups is 1. The molecule has 0 spiro atoms. The molecule has 1 heterocycles. The summed E-state index contributed by atoms with van der Waals surface area (Å²) in [4.78, 5) is 13.2. The van der Waals surface area contributed by atoms with Crippen molar-refractivity contribution in [1.82, 2.24) is 0 Å². The van der Waals surface area contributed by atoms with Crippen LogP contribution in [0.2, 0.25) is 0 Å². The van der Waals surface area contributed by atoms with E-state index in [1.165, 1.54) is 5.56 Å². The molecule has 0 aliphatic carbocycles. The Morgan fingerprint density at radius 1 is 1.07 bits per heavy atom. The van der Waals surface area contributed by atoms with Crippen LogP contribution in [0, 0.1) is 0 Å². The van der Waals surface area contributed by atoms with Gasteiger partial charge in [-0.15, -0.1) is 12.6 Å². The predicted molar refractivity (Wildman–Crippen MR) is 117 cm³/mol. The topological polar surface area (TPSA) is 47.6 Å². The molecule has 0 saturated heterocycles. The number of hydrogen-bond acceptors (Lipinski definition) is 4. The van der Waals surface area contributed by atoms with E-state index in [0.717, 1.165) is 28.4 Å². The Balaban J connectivity index is 1.40. The number of fused-ring (bicyclic) bond motifs is 1. The summed E-state index contributed by atoms with van der Waals surface area (Å²) in [6.45, 7) is 4.56. The minimum Gasteiger partial charge on any atom is -0.485 e. The van der Waals surface area contributed by atoms with E-state index in [0.29, 0.717) is 17.9 Å². The Morgan fingerprint density at radius 2 is 1.83 bits per heavy atom. The van der Waals surface area contributed by atoms with Crippen molar-refractivity contribution in [2.45, 2.75) is 37.4 Å². The van der Waals surface area contributed by atoms with E-state index >= 15 is 0 Å². The highest BCUT2D eigenvalue weighted by Crippen LogP contribution is 2.41. The molecule has 1 aliphatic rings. The molecule has 4 nitrogen and oxygen atoms in total. The Morgan fingerprint density at radius 3 is 2.59 bits per heavy atom. The third-order valence-electron chi connectivity index (χ3n) is 4.82. The normalized spacial score (nSPS) is 14.0. The smallest absolute Gasteiger partial charge is 0.255 e. The highest BCUT2D eigenvalue weighted by Gasteiger charge is 2.32. The SMILES string of the molecule is CC1(C)Cc2cccc(OCc3ccc(C(=O)Nc4ccccc4S)cc3)c2O1. The molecule has 0 aromatic heterocycles. The Hall–Kier alpha value is -2.92. The van der Waals surface area contributed by atoms with Crippen molar-refractivity contribution in [2.75, 3.05) is 5.32 Å². The van der Waals surface area contributed by atoms with Crippen LogP contribution in [0.1, 0.15) is 35.3 Å². The molecule has 1 amide bonds. The van der Waals surface area contributed by atoms with Crippen molar-refractivity contribution >= 4 is 24.2 Å². The fourth-order valence-electron chi connectivity index (χ4n) is 3.39. The van der Waals surface area contributed by atoms with Crippen LogP contribution in [0.4, 0.5) is 5.69 Å². The molecule has 4 rings (SSSR count). The quantitative estimate of drug-likeness (QED) is 0.550. The summed E-state index contributed by atoms with van der Waals surface area (Å²) >= 11 is 4.36. The van der Waals surface area contributed by atoms with Crippen LogP contribution >= 0.6 is 12.6 Å². The molecule has 3 aromatic carbocycles. The summed E-state index contributed by atoms with van der Waals surface area (Å²) in [5, 5.41) is 2.88. The van der Waals surface area contributed by atoms with Crippen LogP contribution in [0.25, 0.3) is 0 Å². The lowest BCUT2D eigenvalue weighted by molar-refractivity contribution is 0.102. The van der Waals surface area contributed by atoms with E-state index in [9.17, 15) is 4.79 Å². The summed E-state index contributed by atoms with van der Waals surface area (Å²) in [5.74, 6) is 1.41. The van der Waals surface area contributed by atoms with Crippen LogP contribution in [-0.4, -0.2) is 11.5 Å². The highest BCUT2D eigenvalue weighted by molar-refractivity contribution is 7.80. The standard InChI is InChI=1S/C24H23NO3S/c1-24(2)14-18-6-5-8-20(22(18)28-24)27-15-16-10-12-17(13-11-16)23(26)25-19-7-3-4-9-21(19)29/h3-13,29H,14-15H2,1-2H3,(H,25,26). The first-order valence-electron chi connectivity index (χ1n) is 9.53. The van der Waals surface area contributed by atoms with Gasteiger partial charge in [-0.2, -0.15) is 0 Å². The Labute approximate surface area is 176 Å². The van der Waals surface area contributed by atoms with Crippen molar-refractivity contribution in [3.05, 3.63) is 83.4 Å². The van der Waals surface area contributed by atoms with Crippen LogP contribution in [0.15, 0.2) is 71.6 Å². The van der Waals surface area contributed by atoms with Gasteiger partial charge in [0.25, 0.3) is 5.91 Å². The average Bonchev–Trinajstić information content (AvgIpc) is 3.03.